The van der Waals surface area contributed by atoms with E-state index in [1.54, 1.807) is 42.5 Å². The van der Waals surface area contributed by atoms with Crippen LogP contribution in [0.5, 0.6) is 5.75 Å². The summed E-state index contributed by atoms with van der Waals surface area (Å²) in [4.78, 5) is 28.0. The van der Waals surface area contributed by atoms with Crippen molar-refractivity contribution in [1.29, 1.82) is 0 Å². The third kappa shape index (κ3) is 5.19. The number of aromatic nitrogens is 3. The molecule has 166 valence electrons. The third-order valence-electron chi connectivity index (χ3n) is 5.59. The average molecular weight is 436 g/mol. The summed E-state index contributed by atoms with van der Waals surface area (Å²) in [6.45, 7) is 4.90. The number of carbonyl (C=O) groups is 1. The molecule has 2 aromatic heterocycles. The van der Waals surface area contributed by atoms with Crippen molar-refractivity contribution in [2.24, 2.45) is 0 Å². The van der Waals surface area contributed by atoms with Gasteiger partial charge in [-0.1, -0.05) is 12.1 Å². The minimum Gasteiger partial charge on any atom is -0.481 e. The van der Waals surface area contributed by atoms with Gasteiger partial charge in [-0.3, -0.25) is 9.78 Å². The minimum absolute atomic E-state index is 0.0974. The highest BCUT2D eigenvalue weighted by atomic mass is 19.1. The number of aryl methyl sites for hydroxylation is 1. The van der Waals surface area contributed by atoms with Gasteiger partial charge in [-0.2, -0.15) is 0 Å². The van der Waals surface area contributed by atoms with Crippen molar-refractivity contribution >= 4 is 17.5 Å². The van der Waals surface area contributed by atoms with Crippen LogP contribution in [0, 0.1) is 12.7 Å². The second kappa shape index (κ2) is 9.72. The maximum atomic E-state index is 13.4. The lowest BCUT2D eigenvalue weighted by Crippen LogP contribution is -2.44. The Morgan fingerprint density at radius 2 is 2.03 bits per heavy atom. The quantitative estimate of drug-likeness (QED) is 0.624. The van der Waals surface area contributed by atoms with Gasteiger partial charge in [0.05, 0.1) is 11.9 Å². The van der Waals surface area contributed by atoms with Crippen molar-refractivity contribution in [3.63, 3.8) is 0 Å². The molecule has 32 heavy (non-hydrogen) atoms. The molecule has 1 aliphatic rings. The number of piperidine rings is 1. The number of halogens is 1. The number of nitrogens with one attached hydrogen (secondary N) is 1. The van der Waals surface area contributed by atoms with E-state index >= 15 is 0 Å². The van der Waals surface area contributed by atoms with E-state index in [0.717, 1.165) is 29.9 Å². The Bertz CT molecular complexity index is 1090. The summed E-state index contributed by atoms with van der Waals surface area (Å²) in [6, 6.07) is 9.70. The molecule has 3 heterocycles. The zero-order valence-electron chi connectivity index (χ0n) is 18.2. The van der Waals surface area contributed by atoms with Gasteiger partial charge in [-0.05, 0) is 50.5 Å². The van der Waals surface area contributed by atoms with Gasteiger partial charge in [0.25, 0.3) is 5.91 Å². The molecule has 0 spiro atoms. The van der Waals surface area contributed by atoms with Gasteiger partial charge < -0.3 is 15.0 Å². The van der Waals surface area contributed by atoms with Gasteiger partial charge in [0.1, 0.15) is 23.2 Å². The molecule has 4 rings (SSSR count). The van der Waals surface area contributed by atoms with E-state index in [4.69, 9.17) is 9.72 Å². The van der Waals surface area contributed by atoms with E-state index in [2.05, 4.69) is 15.3 Å². The molecule has 8 heteroatoms. The predicted octanol–water partition coefficient (Wildman–Crippen LogP) is 4.24. The Labute approximate surface area is 186 Å². The van der Waals surface area contributed by atoms with Gasteiger partial charge >= 0.3 is 0 Å². The summed E-state index contributed by atoms with van der Waals surface area (Å²) < 4.78 is 19.0. The monoisotopic (exact) mass is 435 g/mol. The van der Waals surface area contributed by atoms with Crippen molar-refractivity contribution < 1.29 is 13.9 Å². The van der Waals surface area contributed by atoms with Crippen molar-refractivity contribution in [3.8, 4) is 5.75 Å². The van der Waals surface area contributed by atoms with Gasteiger partial charge in [-0.25, -0.2) is 14.4 Å². The highest BCUT2D eigenvalue weighted by molar-refractivity contribution is 5.81. The standard InChI is InChI=1S/C24H26FN5O2/c1-16-5-4-10-27-23(16)29-22-15-26-14-21(28-22)18-8-11-30(12-9-18)24(31)17(2)32-20-7-3-6-19(25)13-20/h3-7,10,13-15,17-18H,8-9,11-12H2,1-2H3,(H,27,28,29)/t17-/m0/s1. The van der Waals surface area contributed by atoms with Crippen molar-refractivity contribution in [1.82, 2.24) is 19.9 Å². The molecule has 0 bridgehead atoms. The van der Waals surface area contributed by atoms with E-state index in [-0.39, 0.29) is 17.6 Å². The van der Waals surface area contributed by atoms with Crippen LogP contribution >= 0.6 is 0 Å². The van der Waals surface area contributed by atoms with Crippen LogP contribution in [0.1, 0.15) is 36.9 Å². The maximum absolute atomic E-state index is 13.4. The number of nitrogens with zero attached hydrogens (tertiary/aromatic N) is 4. The lowest BCUT2D eigenvalue weighted by Gasteiger charge is -2.33. The van der Waals surface area contributed by atoms with Crippen molar-refractivity contribution in [2.45, 2.75) is 38.7 Å². The summed E-state index contributed by atoms with van der Waals surface area (Å²) in [6.07, 6.45) is 6.11. The number of ether oxygens (including phenoxy) is 1. The Morgan fingerprint density at radius 1 is 1.22 bits per heavy atom. The molecule has 1 saturated heterocycles. The first-order valence-electron chi connectivity index (χ1n) is 10.7. The smallest absolute Gasteiger partial charge is 0.263 e. The van der Waals surface area contributed by atoms with Crippen molar-refractivity contribution in [2.75, 3.05) is 18.4 Å². The van der Waals surface area contributed by atoms with Crippen LogP contribution in [0.2, 0.25) is 0 Å². The Balaban J connectivity index is 1.34. The van der Waals surface area contributed by atoms with E-state index in [1.807, 2.05) is 19.1 Å². The number of rotatable bonds is 6. The topological polar surface area (TPSA) is 80.2 Å². The molecule has 0 saturated carbocycles. The molecule has 7 nitrogen and oxygen atoms in total. The van der Waals surface area contributed by atoms with Crippen LogP contribution in [0.25, 0.3) is 0 Å². The van der Waals surface area contributed by atoms with Crippen LogP contribution in [-0.4, -0.2) is 45.0 Å². The Kier molecular flexibility index (Phi) is 6.58. The van der Waals surface area contributed by atoms with Crippen LogP contribution in [0.4, 0.5) is 16.0 Å². The first-order valence-corrected chi connectivity index (χ1v) is 10.7. The molecule has 1 N–H and O–H groups in total. The summed E-state index contributed by atoms with van der Waals surface area (Å²) in [7, 11) is 0. The number of benzene rings is 1. The molecule has 1 aromatic carbocycles. The molecule has 1 aliphatic heterocycles. The van der Waals surface area contributed by atoms with E-state index in [9.17, 15) is 9.18 Å². The highest BCUT2D eigenvalue weighted by Gasteiger charge is 2.28. The number of pyridine rings is 1. The second-order valence-electron chi connectivity index (χ2n) is 7.94. The summed E-state index contributed by atoms with van der Waals surface area (Å²) in [5.41, 5.74) is 1.93. The van der Waals surface area contributed by atoms with Crippen molar-refractivity contribution in [3.05, 3.63) is 72.1 Å². The Hall–Kier alpha value is -3.55. The highest BCUT2D eigenvalue weighted by Crippen LogP contribution is 2.28. The first-order chi connectivity index (χ1) is 15.5. The second-order valence-corrected chi connectivity index (χ2v) is 7.94. The third-order valence-corrected chi connectivity index (χ3v) is 5.59. The van der Waals surface area contributed by atoms with Gasteiger partial charge in [0.2, 0.25) is 0 Å². The average Bonchev–Trinajstić information content (AvgIpc) is 2.80. The summed E-state index contributed by atoms with van der Waals surface area (Å²) >= 11 is 0. The molecule has 1 fully saturated rings. The number of hydrogen-bond donors (Lipinski definition) is 1. The fourth-order valence-electron chi connectivity index (χ4n) is 3.82. The zero-order chi connectivity index (χ0) is 22.5. The van der Waals surface area contributed by atoms with Crippen LogP contribution in [0.3, 0.4) is 0 Å². The molecule has 1 amide bonds. The van der Waals surface area contributed by atoms with Crippen LogP contribution in [0.15, 0.2) is 55.0 Å². The largest absolute Gasteiger partial charge is 0.481 e. The van der Waals surface area contributed by atoms with Gasteiger partial charge in [-0.15, -0.1) is 0 Å². The van der Waals surface area contributed by atoms with Gasteiger partial charge in [0, 0.05) is 37.5 Å². The number of amides is 1. The molecule has 0 radical (unpaired) electrons. The molecule has 3 aromatic rings. The minimum atomic E-state index is -0.678. The predicted molar refractivity (Wildman–Crippen MR) is 119 cm³/mol. The van der Waals surface area contributed by atoms with E-state index < -0.39 is 6.10 Å². The molecular formula is C24H26FN5O2. The molecular weight excluding hydrogens is 409 g/mol. The number of carbonyl (C=O) groups excluding carboxylic acids is 1. The number of anilines is 2. The molecule has 0 unspecified atom stereocenters. The summed E-state index contributed by atoms with van der Waals surface area (Å²) in [5, 5.41) is 3.23. The number of hydrogen-bond acceptors (Lipinski definition) is 6. The lowest BCUT2D eigenvalue weighted by atomic mass is 9.93. The van der Waals surface area contributed by atoms with Gasteiger partial charge in [0.15, 0.2) is 6.10 Å². The SMILES string of the molecule is Cc1cccnc1Nc1cncc(C2CCN(C(=O)[C@H](C)Oc3cccc(F)c3)CC2)n1. The maximum Gasteiger partial charge on any atom is 0.263 e. The van der Waals surface area contributed by atoms with E-state index in [0.29, 0.717) is 24.7 Å². The fourth-order valence-corrected chi connectivity index (χ4v) is 3.82. The molecule has 1 atom stereocenters. The number of likely N-dealkylation sites (tertiary alicyclic amines) is 1. The first kappa shape index (κ1) is 21.7. The Morgan fingerprint density at radius 3 is 2.78 bits per heavy atom. The lowest BCUT2D eigenvalue weighted by molar-refractivity contribution is -0.139. The normalized spacial score (nSPS) is 15.3. The van der Waals surface area contributed by atoms with Crippen LogP contribution < -0.4 is 10.1 Å². The zero-order valence-corrected chi connectivity index (χ0v) is 18.2. The molecule has 0 aliphatic carbocycles. The summed E-state index contributed by atoms with van der Waals surface area (Å²) in [5.74, 6) is 1.49. The van der Waals surface area contributed by atoms with Crippen LogP contribution in [-0.2, 0) is 4.79 Å². The van der Waals surface area contributed by atoms with E-state index in [1.165, 1.54) is 12.1 Å². The fraction of sp³-hybridized carbons (Fsp3) is 0.333.